The molecule has 0 aliphatic rings. The second-order valence-electron chi connectivity index (χ2n) is 4.88. The van der Waals surface area contributed by atoms with Gasteiger partial charge in [-0.3, -0.25) is 0 Å². The second-order valence-corrected chi connectivity index (χ2v) is 5.26. The first-order chi connectivity index (χ1) is 10.1. The minimum Gasteiger partial charge on any atom is -0.490 e. The van der Waals surface area contributed by atoms with Gasteiger partial charge in [0.25, 0.3) is 0 Å². The van der Waals surface area contributed by atoms with Crippen LogP contribution in [0.5, 0.6) is 11.5 Å². The predicted molar refractivity (Wildman–Crippen MR) is 86.2 cm³/mol. The highest BCUT2D eigenvalue weighted by Crippen LogP contribution is 2.25. The van der Waals surface area contributed by atoms with Crippen LogP contribution < -0.4 is 15.2 Å². The van der Waals surface area contributed by atoms with Crippen molar-refractivity contribution in [2.24, 2.45) is 5.73 Å². The molecule has 0 radical (unpaired) electrons. The maximum Gasteiger partial charge on any atom is 0.123 e. The Bertz CT molecular complexity index is 590. The molecule has 3 nitrogen and oxygen atoms in total. The van der Waals surface area contributed by atoms with Gasteiger partial charge in [-0.05, 0) is 43.2 Å². The summed E-state index contributed by atoms with van der Waals surface area (Å²) < 4.78 is 11.4. The average Bonchev–Trinajstić information content (AvgIpc) is 2.49. The van der Waals surface area contributed by atoms with Crippen LogP contribution in [-0.2, 0) is 6.54 Å². The van der Waals surface area contributed by atoms with E-state index in [9.17, 15) is 0 Å². The van der Waals surface area contributed by atoms with E-state index < -0.39 is 0 Å². The molecule has 0 amide bonds. The van der Waals surface area contributed by atoms with Crippen LogP contribution in [0.3, 0.4) is 0 Å². The number of rotatable bonds is 6. The number of ether oxygens (including phenoxy) is 2. The number of hydrogen-bond donors (Lipinski definition) is 1. The summed E-state index contributed by atoms with van der Waals surface area (Å²) in [6.45, 7) is 5.34. The molecular weight excluding hydrogens is 286 g/mol. The van der Waals surface area contributed by atoms with E-state index in [2.05, 4.69) is 0 Å². The molecule has 0 aromatic heterocycles. The Kier molecular flexibility index (Phi) is 5.48. The zero-order valence-electron chi connectivity index (χ0n) is 12.4. The van der Waals surface area contributed by atoms with Crippen LogP contribution >= 0.6 is 11.6 Å². The van der Waals surface area contributed by atoms with Crippen LogP contribution in [0.4, 0.5) is 0 Å². The Morgan fingerprint density at radius 1 is 1.00 bits per heavy atom. The molecule has 0 aliphatic carbocycles. The Hall–Kier alpha value is -1.71. The largest absolute Gasteiger partial charge is 0.490 e. The van der Waals surface area contributed by atoms with Crippen molar-refractivity contribution in [3.63, 3.8) is 0 Å². The number of nitrogens with two attached hydrogens (primary N) is 1. The van der Waals surface area contributed by atoms with E-state index in [0.717, 1.165) is 33.2 Å². The molecule has 0 fully saturated rings. The summed E-state index contributed by atoms with van der Waals surface area (Å²) in [6.07, 6.45) is 0. The number of hydrogen-bond acceptors (Lipinski definition) is 3. The Labute approximate surface area is 130 Å². The summed E-state index contributed by atoms with van der Waals surface area (Å²) >= 11 is 6.13. The first-order valence-corrected chi connectivity index (χ1v) is 7.30. The van der Waals surface area contributed by atoms with Crippen molar-refractivity contribution < 1.29 is 9.47 Å². The molecule has 0 saturated carbocycles. The van der Waals surface area contributed by atoms with Crippen molar-refractivity contribution in [1.82, 2.24) is 0 Å². The van der Waals surface area contributed by atoms with Gasteiger partial charge in [-0.25, -0.2) is 0 Å². The van der Waals surface area contributed by atoms with E-state index >= 15 is 0 Å². The molecule has 0 saturated heterocycles. The van der Waals surface area contributed by atoms with Crippen LogP contribution in [0.15, 0.2) is 36.4 Å². The maximum absolute atomic E-state index is 6.13. The van der Waals surface area contributed by atoms with Gasteiger partial charge in [0.05, 0.1) is 0 Å². The van der Waals surface area contributed by atoms with Gasteiger partial charge in [0.2, 0.25) is 0 Å². The van der Waals surface area contributed by atoms with E-state index in [0.29, 0.717) is 19.8 Å². The topological polar surface area (TPSA) is 44.5 Å². The third kappa shape index (κ3) is 4.13. The van der Waals surface area contributed by atoms with Crippen LogP contribution in [-0.4, -0.2) is 13.2 Å². The minimum absolute atomic E-state index is 0.465. The average molecular weight is 306 g/mol. The first kappa shape index (κ1) is 15.7. The normalized spacial score (nSPS) is 10.5. The van der Waals surface area contributed by atoms with Crippen LogP contribution in [0.1, 0.15) is 16.7 Å². The molecule has 0 spiro atoms. The molecule has 21 heavy (non-hydrogen) atoms. The van der Waals surface area contributed by atoms with E-state index in [4.69, 9.17) is 26.8 Å². The van der Waals surface area contributed by atoms with Gasteiger partial charge in [0, 0.05) is 17.1 Å². The monoisotopic (exact) mass is 305 g/mol. The standard InChI is InChI=1S/C17H20ClNO2/c1-12-9-15(10-13(2)17(12)18)20-7-8-21-16-6-4-3-5-14(16)11-19/h3-6,9-10H,7-8,11,19H2,1-2H3. The van der Waals surface area contributed by atoms with E-state index in [-0.39, 0.29) is 0 Å². The molecule has 0 unspecified atom stereocenters. The summed E-state index contributed by atoms with van der Waals surface area (Å²) in [5.74, 6) is 1.62. The Morgan fingerprint density at radius 3 is 2.29 bits per heavy atom. The van der Waals surface area contributed by atoms with Gasteiger partial charge in [-0.1, -0.05) is 29.8 Å². The summed E-state index contributed by atoms with van der Waals surface area (Å²) in [4.78, 5) is 0. The molecule has 2 rings (SSSR count). The van der Waals surface area contributed by atoms with Crippen molar-refractivity contribution in [3.05, 3.63) is 58.1 Å². The molecular formula is C17H20ClNO2. The molecule has 0 heterocycles. The zero-order chi connectivity index (χ0) is 15.2. The number of benzene rings is 2. The maximum atomic E-state index is 6.13. The summed E-state index contributed by atoms with van der Waals surface area (Å²) in [5.41, 5.74) is 8.70. The number of halogens is 1. The highest BCUT2D eigenvalue weighted by Gasteiger charge is 2.04. The fourth-order valence-electron chi connectivity index (χ4n) is 2.11. The van der Waals surface area contributed by atoms with Crippen molar-refractivity contribution in [3.8, 4) is 11.5 Å². The van der Waals surface area contributed by atoms with E-state index in [1.807, 2.05) is 50.2 Å². The lowest BCUT2D eigenvalue weighted by molar-refractivity contribution is 0.216. The third-order valence-electron chi connectivity index (χ3n) is 3.21. The summed E-state index contributed by atoms with van der Waals surface area (Å²) in [5, 5.41) is 0.787. The highest BCUT2D eigenvalue weighted by atomic mass is 35.5. The minimum atomic E-state index is 0.465. The van der Waals surface area contributed by atoms with Crippen molar-refractivity contribution in [1.29, 1.82) is 0 Å². The van der Waals surface area contributed by atoms with Crippen molar-refractivity contribution in [2.75, 3.05) is 13.2 Å². The van der Waals surface area contributed by atoms with Gasteiger partial charge in [0.15, 0.2) is 0 Å². The second kappa shape index (κ2) is 7.34. The molecule has 112 valence electrons. The number of para-hydroxylation sites is 1. The fourth-order valence-corrected chi connectivity index (χ4v) is 2.22. The van der Waals surface area contributed by atoms with Gasteiger partial charge >= 0.3 is 0 Å². The van der Waals surface area contributed by atoms with Crippen molar-refractivity contribution >= 4 is 11.6 Å². The van der Waals surface area contributed by atoms with E-state index in [1.165, 1.54) is 0 Å². The van der Waals surface area contributed by atoms with Crippen LogP contribution in [0.25, 0.3) is 0 Å². The summed E-state index contributed by atoms with van der Waals surface area (Å²) in [7, 11) is 0. The lowest BCUT2D eigenvalue weighted by atomic mass is 10.1. The first-order valence-electron chi connectivity index (χ1n) is 6.92. The predicted octanol–water partition coefficient (Wildman–Crippen LogP) is 3.87. The van der Waals surface area contributed by atoms with Gasteiger partial charge in [0.1, 0.15) is 24.7 Å². The molecule has 0 atom stereocenters. The van der Waals surface area contributed by atoms with Crippen molar-refractivity contribution in [2.45, 2.75) is 20.4 Å². The molecule has 0 aliphatic heterocycles. The molecule has 4 heteroatoms. The highest BCUT2D eigenvalue weighted by molar-refractivity contribution is 6.32. The van der Waals surface area contributed by atoms with E-state index in [1.54, 1.807) is 0 Å². The lowest BCUT2D eigenvalue weighted by Gasteiger charge is -2.12. The zero-order valence-corrected chi connectivity index (χ0v) is 13.1. The lowest BCUT2D eigenvalue weighted by Crippen LogP contribution is -2.11. The molecule has 2 aromatic carbocycles. The smallest absolute Gasteiger partial charge is 0.123 e. The number of aryl methyl sites for hydroxylation is 2. The molecule has 2 aromatic rings. The third-order valence-corrected chi connectivity index (χ3v) is 3.81. The molecule has 0 bridgehead atoms. The van der Waals surface area contributed by atoms with Crippen LogP contribution in [0, 0.1) is 13.8 Å². The fraction of sp³-hybridized carbons (Fsp3) is 0.294. The SMILES string of the molecule is Cc1cc(OCCOc2ccccc2CN)cc(C)c1Cl. The summed E-state index contributed by atoms with van der Waals surface area (Å²) in [6, 6.07) is 11.6. The van der Waals surface area contributed by atoms with Gasteiger partial charge in [-0.15, -0.1) is 0 Å². The molecule has 2 N–H and O–H groups in total. The van der Waals surface area contributed by atoms with Crippen LogP contribution in [0.2, 0.25) is 5.02 Å². The quantitative estimate of drug-likeness (QED) is 0.824. The van der Waals surface area contributed by atoms with Gasteiger partial charge in [-0.2, -0.15) is 0 Å². The van der Waals surface area contributed by atoms with Gasteiger partial charge < -0.3 is 15.2 Å². The Morgan fingerprint density at radius 2 is 1.62 bits per heavy atom. The Balaban J connectivity index is 1.88.